The molecule has 1 aliphatic rings. The molecule has 5 N–H and O–H groups in total. The van der Waals surface area contributed by atoms with E-state index in [2.05, 4.69) is 15.6 Å². The number of nitrogens with one attached hydrogen (secondary N) is 3. The Bertz CT molecular complexity index is 466. The third-order valence-electron chi connectivity index (χ3n) is 3.33. The molecule has 0 radical (unpaired) electrons. The van der Waals surface area contributed by atoms with E-state index in [9.17, 15) is 9.59 Å². The molecule has 0 aliphatic carbocycles. The second-order valence-electron chi connectivity index (χ2n) is 4.84. The molecule has 6 nitrogen and oxygen atoms in total. The molecule has 1 aromatic rings. The van der Waals surface area contributed by atoms with Gasteiger partial charge in [0, 0.05) is 6.20 Å². The van der Waals surface area contributed by atoms with Gasteiger partial charge in [0.15, 0.2) is 0 Å². The topological polar surface area (TPSA) is 100 Å². The number of halogens is 1. The number of amides is 2. The molecule has 1 atom stereocenters. The second-order valence-corrected chi connectivity index (χ2v) is 4.84. The zero-order valence-electron chi connectivity index (χ0n) is 10.8. The zero-order valence-corrected chi connectivity index (χ0v) is 11.6. The highest BCUT2D eigenvalue weighted by Gasteiger charge is 2.34. The molecule has 0 aromatic carbocycles. The fourth-order valence-corrected chi connectivity index (χ4v) is 2.13. The highest BCUT2D eigenvalue weighted by Crippen LogP contribution is 2.21. The lowest BCUT2D eigenvalue weighted by molar-refractivity contribution is -0.122. The predicted molar refractivity (Wildman–Crippen MR) is 75.4 cm³/mol. The van der Waals surface area contributed by atoms with Crippen LogP contribution in [0.5, 0.6) is 0 Å². The lowest BCUT2D eigenvalue weighted by atomic mass is 9.90. The van der Waals surface area contributed by atoms with Gasteiger partial charge in [-0.05, 0) is 38.8 Å². The van der Waals surface area contributed by atoms with Gasteiger partial charge < -0.3 is 21.4 Å². The molecule has 1 saturated heterocycles. The number of carbonyl (C=O) groups is 2. The molecule has 0 spiro atoms. The fraction of sp³-hybridized carbons (Fsp3) is 0.500. The Kier molecular flexibility index (Phi) is 4.97. The SMILES string of the molecule is CC1(C(=O)Nc2c[nH]c(C(N)=O)c2)CCCCN1.Cl. The van der Waals surface area contributed by atoms with Crippen molar-refractivity contribution in [1.29, 1.82) is 0 Å². The average Bonchev–Trinajstić information content (AvgIpc) is 2.78. The average molecular weight is 287 g/mol. The third kappa shape index (κ3) is 3.48. The molecular weight excluding hydrogens is 268 g/mol. The van der Waals surface area contributed by atoms with Crippen molar-refractivity contribution in [3.8, 4) is 0 Å². The van der Waals surface area contributed by atoms with Crippen LogP contribution in [0.4, 0.5) is 5.69 Å². The van der Waals surface area contributed by atoms with E-state index in [-0.39, 0.29) is 24.0 Å². The van der Waals surface area contributed by atoms with E-state index in [1.807, 2.05) is 6.92 Å². The van der Waals surface area contributed by atoms with Gasteiger partial charge in [-0.25, -0.2) is 0 Å². The number of hydrogen-bond donors (Lipinski definition) is 4. The van der Waals surface area contributed by atoms with E-state index in [4.69, 9.17) is 5.73 Å². The number of H-pyrrole nitrogens is 1. The largest absolute Gasteiger partial charge is 0.364 e. The molecule has 19 heavy (non-hydrogen) atoms. The summed E-state index contributed by atoms with van der Waals surface area (Å²) in [4.78, 5) is 25.8. The van der Waals surface area contributed by atoms with Crippen molar-refractivity contribution < 1.29 is 9.59 Å². The standard InChI is InChI=1S/C12H18N4O2.ClH/c1-12(4-2-3-5-15-12)11(18)16-8-6-9(10(13)17)14-7-8;/h6-7,14-15H,2-5H2,1H3,(H2,13,17)(H,16,18);1H. The van der Waals surface area contributed by atoms with E-state index < -0.39 is 11.4 Å². The number of rotatable bonds is 3. The van der Waals surface area contributed by atoms with E-state index in [1.54, 1.807) is 6.20 Å². The molecular formula is C12H19ClN4O2. The first-order valence-electron chi connectivity index (χ1n) is 6.06. The maximum absolute atomic E-state index is 12.2. The number of carbonyl (C=O) groups excluding carboxylic acids is 2. The Morgan fingerprint density at radius 2 is 2.16 bits per heavy atom. The van der Waals surface area contributed by atoms with Crippen LogP contribution in [0.2, 0.25) is 0 Å². The number of anilines is 1. The summed E-state index contributed by atoms with van der Waals surface area (Å²) in [6, 6.07) is 1.53. The van der Waals surface area contributed by atoms with Crippen molar-refractivity contribution in [3.05, 3.63) is 18.0 Å². The van der Waals surface area contributed by atoms with Gasteiger partial charge in [-0.2, -0.15) is 0 Å². The van der Waals surface area contributed by atoms with Gasteiger partial charge in [0.2, 0.25) is 5.91 Å². The summed E-state index contributed by atoms with van der Waals surface area (Å²) in [5.74, 6) is -0.630. The van der Waals surface area contributed by atoms with E-state index in [0.717, 1.165) is 25.8 Å². The summed E-state index contributed by atoms with van der Waals surface area (Å²) in [5, 5.41) is 6.02. The molecule has 2 rings (SSSR count). The molecule has 1 unspecified atom stereocenters. The molecule has 1 fully saturated rings. The predicted octanol–water partition coefficient (Wildman–Crippen LogP) is 1.01. The van der Waals surface area contributed by atoms with Gasteiger partial charge in [0.1, 0.15) is 5.69 Å². The normalized spacial score (nSPS) is 22.4. The van der Waals surface area contributed by atoms with Crippen molar-refractivity contribution in [2.75, 3.05) is 11.9 Å². The number of aromatic amines is 1. The molecule has 106 valence electrons. The van der Waals surface area contributed by atoms with Gasteiger partial charge in [-0.3, -0.25) is 9.59 Å². The maximum Gasteiger partial charge on any atom is 0.265 e. The summed E-state index contributed by atoms with van der Waals surface area (Å²) in [6.07, 6.45) is 4.51. The van der Waals surface area contributed by atoms with Crippen LogP contribution in [0.1, 0.15) is 36.7 Å². The Labute approximate surface area is 117 Å². The minimum atomic E-state index is -0.544. The van der Waals surface area contributed by atoms with Crippen molar-refractivity contribution in [1.82, 2.24) is 10.3 Å². The van der Waals surface area contributed by atoms with E-state index >= 15 is 0 Å². The minimum absolute atomic E-state index is 0. The first-order valence-corrected chi connectivity index (χ1v) is 6.06. The fourth-order valence-electron chi connectivity index (χ4n) is 2.13. The quantitative estimate of drug-likeness (QED) is 0.667. The minimum Gasteiger partial charge on any atom is -0.364 e. The third-order valence-corrected chi connectivity index (χ3v) is 3.33. The van der Waals surface area contributed by atoms with Crippen molar-refractivity contribution in [2.24, 2.45) is 5.73 Å². The lowest BCUT2D eigenvalue weighted by Gasteiger charge is -2.33. The Hall–Kier alpha value is -1.53. The van der Waals surface area contributed by atoms with Crippen molar-refractivity contribution in [2.45, 2.75) is 31.7 Å². The first kappa shape index (κ1) is 15.5. The summed E-state index contributed by atoms with van der Waals surface area (Å²) in [7, 11) is 0. The van der Waals surface area contributed by atoms with Gasteiger partial charge >= 0.3 is 0 Å². The highest BCUT2D eigenvalue weighted by atomic mass is 35.5. The molecule has 2 amide bonds. The van der Waals surface area contributed by atoms with Crippen molar-refractivity contribution >= 4 is 29.9 Å². The summed E-state index contributed by atoms with van der Waals surface area (Å²) in [6.45, 7) is 2.74. The van der Waals surface area contributed by atoms with Crippen LogP contribution in [-0.4, -0.2) is 28.9 Å². The molecule has 0 bridgehead atoms. The Morgan fingerprint density at radius 3 is 2.68 bits per heavy atom. The number of piperidine rings is 1. The zero-order chi connectivity index (χ0) is 13.2. The number of nitrogens with two attached hydrogens (primary N) is 1. The molecule has 7 heteroatoms. The first-order chi connectivity index (χ1) is 8.51. The van der Waals surface area contributed by atoms with Crippen LogP contribution in [-0.2, 0) is 4.79 Å². The van der Waals surface area contributed by atoms with Crippen LogP contribution < -0.4 is 16.4 Å². The van der Waals surface area contributed by atoms with Crippen molar-refractivity contribution in [3.63, 3.8) is 0 Å². The van der Waals surface area contributed by atoms with Crippen LogP contribution in [0.15, 0.2) is 12.3 Å². The maximum atomic E-state index is 12.2. The Balaban J connectivity index is 0.00000180. The van der Waals surface area contributed by atoms with Gasteiger partial charge in [-0.1, -0.05) is 0 Å². The van der Waals surface area contributed by atoms with Gasteiger partial charge in [-0.15, -0.1) is 12.4 Å². The lowest BCUT2D eigenvalue weighted by Crippen LogP contribution is -2.54. The molecule has 1 aliphatic heterocycles. The van der Waals surface area contributed by atoms with Crippen LogP contribution in [0.3, 0.4) is 0 Å². The second kappa shape index (κ2) is 6.08. The van der Waals surface area contributed by atoms with Crippen LogP contribution in [0.25, 0.3) is 0 Å². The smallest absolute Gasteiger partial charge is 0.265 e. The molecule has 1 aromatic heterocycles. The monoisotopic (exact) mass is 286 g/mol. The number of aromatic nitrogens is 1. The number of primary amides is 1. The van der Waals surface area contributed by atoms with E-state index in [1.165, 1.54) is 6.07 Å². The summed E-state index contributed by atoms with van der Waals surface area (Å²) >= 11 is 0. The number of hydrogen-bond acceptors (Lipinski definition) is 3. The van der Waals surface area contributed by atoms with E-state index in [0.29, 0.717) is 5.69 Å². The van der Waals surface area contributed by atoms with Gasteiger partial charge in [0.05, 0.1) is 11.2 Å². The van der Waals surface area contributed by atoms with Crippen LogP contribution in [0, 0.1) is 0 Å². The molecule has 2 heterocycles. The highest BCUT2D eigenvalue weighted by molar-refractivity contribution is 5.99. The summed E-state index contributed by atoms with van der Waals surface area (Å²) < 4.78 is 0. The van der Waals surface area contributed by atoms with Gasteiger partial charge in [0.25, 0.3) is 5.91 Å². The molecule has 0 saturated carbocycles. The Morgan fingerprint density at radius 1 is 1.42 bits per heavy atom. The van der Waals surface area contributed by atoms with Crippen LogP contribution >= 0.6 is 12.4 Å². The summed E-state index contributed by atoms with van der Waals surface area (Å²) in [5.41, 5.74) is 5.43.